The van der Waals surface area contributed by atoms with Gasteiger partial charge in [0.2, 0.25) is 0 Å². The van der Waals surface area contributed by atoms with Crippen molar-refractivity contribution < 1.29 is 8.42 Å². The summed E-state index contributed by atoms with van der Waals surface area (Å²) in [5, 5.41) is 12.8. The molecule has 0 bridgehead atoms. The summed E-state index contributed by atoms with van der Waals surface area (Å²) in [7, 11) is -2.11. The first kappa shape index (κ1) is 13.6. The second-order valence-corrected chi connectivity index (χ2v) is 6.35. The summed E-state index contributed by atoms with van der Waals surface area (Å²) in [6.45, 7) is 0. The summed E-state index contributed by atoms with van der Waals surface area (Å²) in [5.41, 5.74) is 0.469. The zero-order chi connectivity index (χ0) is 14.0. The van der Waals surface area contributed by atoms with Crippen LogP contribution in [0.4, 0.5) is 5.69 Å². The van der Waals surface area contributed by atoms with E-state index in [9.17, 15) is 8.42 Å². The quantitative estimate of drug-likeness (QED) is 0.923. The van der Waals surface area contributed by atoms with Crippen molar-refractivity contribution in [2.75, 3.05) is 4.72 Å². The molecular weight excluding hydrogens is 332 g/mol. The first-order valence-corrected chi connectivity index (χ1v) is 7.41. The highest BCUT2D eigenvalue weighted by Gasteiger charge is 2.17. The number of nitrogens with one attached hydrogen (secondary N) is 1. The molecule has 0 unspecified atom stereocenters. The summed E-state index contributed by atoms with van der Waals surface area (Å²) < 4.78 is 28.6. The first-order chi connectivity index (χ1) is 8.92. The molecule has 1 heterocycles. The molecule has 1 aromatic heterocycles. The van der Waals surface area contributed by atoms with Gasteiger partial charge in [0.05, 0.1) is 17.4 Å². The molecule has 0 spiro atoms. The summed E-state index contributed by atoms with van der Waals surface area (Å²) in [5.74, 6) is 0. The first-order valence-electron chi connectivity index (χ1n) is 5.13. The van der Waals surface area contributed by atoms with Crippen LogP contribution < -0.4 is 4.72 Å². The Balaban J connectivity index is 2.39. The molecule has 0 atom stereocenters. The van der Waals surface area contributed by atoms with Gasteiger partial charge in [-0.15, -0.1) is 0 Å². The second-order valence-electron chi connectivity index (χ2n) is 3.76. The Bertz CT molecular complexity index is 761. The number of sulfonamides is 1. The Morgan fingerprint density at radius 3 is 2.79 bits per heavy atom. The van der Waals surface area contributed by atoms with Gasteiger partial charge in [0.15, 0.2) is 0 Å². The molecular formula is C11H9BrN4O2S. The van der Waals surface area contributed by atoms with Crippen LogP contribution in [0.2, 0.25) is 0 Å². The molecule has 2 rings (SSSR count). The van der Waals surface area contributed by atoms with Crippen LogP contribution in [0, 0.1) is 11.3 Å². The van der Waals surface area contributed by atoms with Gasteiger partial charge < -0.3 is 0 Å². The number of hydrogen-bond donors (Lipinski definition) is 1. The number of aromatic nitrogens is 2. The van der Waals surface area contributed by atoms with Crippen LogP contribution in [0.25, 0.3) is 0 Å². The molecule has 98 valence electrons. The van der Waals surface area contributed by atoms with Crippen molar-refractivity contribution in [1.29, 1.82) is 5.26 Å². The number of halogens is 1. The lowest BCUT2D eigenvalue weighted by Crippen LogP contribution is -2.13. The summed E-state index contributed by atoms with van der Waals surface area (Å²) in [4.78, 5) is 0.0433. The normalized spacial score (nSPS) is 11.0. The summed E-state index contributed by atoms with van der Waals surface area (Å²) >= 11 is 3.22. The fourth-order valence-electron chi connectivity index (χ4n) is 1.44. The fourth-order valence-corrected chi connectivity index (χ4v) is 2.86. The van der Waals surface area contributed by atoms with Crippen LogP contribution in [-0.4, -0.2) is 18.2 Å². The van der Waals surface area contributed by atoms with E-state index in [1.165, 1.54) is 23.1 Å². The number of anilines is 1. The molecule has 0 radical (unpaired) electrons. The van der Waals surface area contributed by atoms with Crippen LogP contribution >= 0.6 is 15.9 Å². The fraction of sp³-hybridized carbons (Fsp3) is 0.0909. The van der Waals surface area contributed by atoms with Gasteiger partial charge in [-0.25, -0.2) is 8.42 Å². The molecule has 0 fully saturated rings. The maximum Gasteiger partial charge on any atom is 0.265 e. The van der Waals surface area contributed by atoms with Crippen molar-refractivity contribution in [2.24, 2.45) is 7.05 Å². The highest BCUT2D eigenvalue weighted by molar-refractivity contribution is 9.10. The third-order valence-electron chi connectivity index (χ3n) is 2.34. The highest BCUT2D eigenvalue weighted by atomic mass is 79.9. The van der Waals surface area contributed by atoms with Gasteiger partial charge >= 0.3 is 0 Å². The third-order valence-corrected chi connectivity index (χ3v) is 4.15. The van der Waals surface area contributed by atoms with Gasteiger partial charge in [-0.05, 0) is 18.2 Å². The number of nitrogens with zero attached hydrogens (tertiary/aromatic N) is 3. The van der Waals surface area contributed by atoms with E-state index in [2.05, 4.69) is 25.8 Å². The minimum atomic E-state index is -3.74. The molecule has 0 aliphatic carbocycles. The molecule has 6 nitrogen and oxygen atoms in total. The third kappa shape index (κ3) is 2.94. The lowest BCUT2D eigenvalue weighted by atomic mass is 10.2. The molecule has 0 saturated carbocycles. The second kappa shape index (κ2) is 5.03. The van der Waals surface area contributed by atoms with Crippen molar-refractivity contribution in [1.82, 2.24) is 9.78 Å². The lowest BCUT2D eigenvalue weighted by Gasteiger charge is -2.08. The number of hydrogen-bond acceptors (Lipinski definition) is 4. The zero-order valence-electron chi connectivity index (χ0n) is 9.83. The van der Waals surface area contributed by atoms with Gasteiger partial charge in [-0.1, -0.05) is 15.9 Å². The van der Waals surface area contributed by atoms with E-state index in [1.807, 2.05) is 6.07 Å². The maximum atomic E-state index is 12.1. The predicted octanol–water partition coefficient (Wildman–Crippen LogP) is 1.86. The Hall–Kier alpha value is -1.85. The van der Waals surface area contributed by atoms with E-state index < -0.39 is 10.0 Å². The van der Waals surface area contributed by atoms with Crippen molar-refractivity contribution in [3.63, 3.8) is 0 Å². The highest BCUT2D eigenvalue weighted by Crippen LogP contribution is 2.23. The smallest absolute Gasteiger partial charge is 0.265 e. The SMILES string of the molecule is Cn1cc(S(=O)(=O)Nc2ccc(Br)cc2C#N)cn1. The Kier molecular flexibility index (Phi) is 3.59. The van der Waals surface area contributed by atoms with Gasteiger partial charge in [-0.2, -0.15) is 10.4 Å². The Labute approximate surface area is 118 Å². The average Bonchev–Trinajstić information content (AvgIpc) is 2.79. The molecule has 0 aliphatic heterocycles. The van der Waals surface area contributed by atoms with Gasteiger partial charge in [-0.3, -0.25) is 9.40 Å². The minimum absolute atomic E-state index is 0.0433. The molecule has 2 aromatic rings. The molecule has 1 aromatic carbocycles. The van der Waals surface area contributed by atoms with Gasteiger partial charge in [0.1, 0.15) is 11.0 Å². The molecule has 19 heavy (non-hydrogen) atoms. The largest absolute Gasteiger partial charge is 0.278 e. The van der Waals surface area contributed by atoms with Crippen LogP contribution in [0.15, 0.2) is 40.0 Å². The molecule has 0 amide bonds. The van der Waals surface area contributed by atoms with E-state index in [4.69, 9.17) is 5.26 Å². The topological polar surface area (TPSA) is 87.8 Å². The Morgan fingerprint density at radius 2 is 2.21 bits per heavy atom. The maximum absolute atomic E-state index is 12.1. The number of benzene rings is 1. The number of nitriles is 1. The van der Waals surface area contributed by atoms with Crippen molar-refractivity contribution in [3.05, 3.63) is 40.6 Å². The monoisotopic (exact) mass is 340 g/mol. The van der Waals surface area contributed by atoms with E-state index in [0.717, 1.165) is 0 Å². The van der Waals surface area contributed by atoms with Crippen LogP contribution in [0.3, 0.4) is 0 Å². The van der Waals surface area contributed by atoms with E-state index in [-0.39, 0.29) is 16.1 Å². The van der Waals surface area contributed by atoms with Crippen LogP contribution in [-0.2, 0) is 17.1 Å². The minimum Gasteiger partial charge on any atom is -0.278 e. The standard InChI is InChI=1S/C11H9BrN4O2S/c1-16-7-10(6-14-16)19(17,18)15-11-3-2-9(12)4-8(11)5-13/h2-4,6-7,15H,1H3. The van der Waals surface area contributed by atoms with E-state index >= 15 is 0 Å². The number of aryl methyl sites for hydroxylation is 1. The van der Waals surface area contributed by atoms with Crippen LogP contribution in [0.1, 0.15) is 5.56 Å². The molecule has 0 saturated heterocycles. The summed E-state index contributed by atoms with van der Waals surface area (Å²) in [6.07, 6.45) is 2.63. The molecule has 8 heteroatoms. The summed E-state index contributed by atoms with van der Waals surface area (Å²) in [6, 6.07) is 6.66. The molecule has 1 N–H and O–H groups in total. The predicted molar refractivity (Wildman–Crippen MR) is 72.9 cm³/mol. The average molecular weight is 341 g/mol. The van der Waals surface area contributed by atoms with Crippen LogP contribution in [0.5, 0.6) is 0 Å². The number of rotatable bonds is 3. The van der Waals surface area contributed by atoms with Crippen molar-refractivity contribution >= 4 is 31.6 Å². The lowest BCUT2D eigenvalue weighted by molar-refractivity contribution is 0.601. The van der Waals surface area contributed by atoms with Crippen molar-refractivity contribution in [2.45, 2.75) is 4.90 Å². The van der Waals surface area contributed by atoms with E-state index in [1.54, 1.807) is 19.2 Å². The van der Waals surface area contributed by atoms with E-state index in [0.29, 0.717) is 4.47 Å². The van der Waals surface area contributed by atoms with Gasteiger partial charge in [0.25, 0.3) is 10.0 Å². The zero-order valence-corrected chi connectivity index (χ0v) is 12.2. The van der Waals surface area contributed by atoms with Crippen molar-refractivity contribution in [3.8, 4) is 6.07 Å². The van der Waals surface area contributed by atoms with Gasteiger partial charge in [0, 0.05) is 17.7 Å². The molecule has 0 aliphatic rings. The Morgan fingerprint density at radius 1 is 1.47 bits per heavy atom.